The van der Waals surface area contributed by atoms with Gasteiger partial charge in [0, 0.05) is 5.69 Å². The van der Waals surface area contributed by atoms with E-state index in [0.29, 0.717) is 5.69 Å². The molecule has 0 aliphatic rings. The predicted molar refractivity (Wildman–Crippen MR) is 68.0 cm³/mol. The van der Waals surface area contributed by atoms with Gasteiger partial charge in [-0.25, -0.2) is 4.39 Å². The van der Waals surface area contributed by atoms with Crippen LogP contribution in [0, 0.1) is 5.82 Å². The molecular formula is C14H14FNO2. The number of nitrogens with one attached hydrogen (secondary N) is 1. The molecule has 0 fully saturated rings. The summed E-state index contributed by atoms with van der Waals surface area (Å²) in [5, 5.41) is 21.8. The Morgan fingerprint density at radius 1 is 1.11 bits per heavy atom. The zero-order chi connectivity index (χ0) is 13.0. The second-order valence-electron chi connectivity index (χ2n) is 3.98. The van der Waals surface area contributed by atoms with Gasteiger partial charge in [-0.2, -0.15) is 0 Å². The molecule has 3 nitrogen and oxygen atoms in total. The highest BCUT2D eigenvalue weighted by Gasteiger charge is 2.10. The molecule has 94 valence electrons. The van der Waals surface area contributed by atoms with Crippen LogP contribution >= 0.6 is 0 Å². The number of aromatic hydroxyl groups is 1. The molecule has 1 unspecified atom stereocenters. The lowest BCUT2D eigenvalue weighted by molar-refractivity contribution is 0.276. The SMILES string of the molecule is OCC(Nc1ccc(F)cc1)c1cccc(O)c1. The van der Waals surface area contributed by atoms with Gasteiger partial charge in [-0.3, -0.25) is 0 Å². The molecule has 2 aromatic rings. The summed E-state index contributed by atoms with van der Waals surface area (Å²) >= 11 is 0. The van der Waals surface area contributed by atoms with E-state index in [1.807, 2.05) is 0 Å². The number of rotatable bonds is 4. The van der Waals surface area contributed by atoms with E-state index in [-0.39, 0.29) is 24.2 Å². The summed E-state index contributed by atoms with van der Waals surface area (Å²) in [6.07, 6.45) is 0. The van der Waals surface area contributed by atoms with Crippen molar-refractivity contribution in [2.75, 3.05) is 11.9 Å². The lowest BCUT2D eigenvalue weighted by atomic mass is 10.1. The third kappa shape index (κ3) is 2.99. The van der Waals surface area contributed by atoms with Gasteiger partial charge in [0.05, 0.1) is 12.6 Å². The summed E-state index contributed by atoms with van der Waals surface area (Å²) in [5.74, 6) is -0.162. The van der Waals surface area contributed by atoms with Gasteiger partial charge in [0.25, 0.3) is 0 Å². The Labute approximate surface area is 105 Å². The quantitative estimate of drug-likeness (QED) is 0.778. The van der Waals surface area contributed by atoms with Crippen molar-refractivity contribution in [2.45, 2.75) is 6.04 Å². The van der Waals surface area contributed by atoms with Gasteiger partial charge in [-0.15, -0.1) is 0 Å². The van der Waals surface area contributed by atoms with E-state index in [2.05, 4.69) is 5.32 Å². The number of hydrogen-bond donors (Lipinski definition) is 3. The fraction of sp³-hybridized carbons (Fsp3) is 0.143. The molecule has 0 heterocycles. The van der Waals surface area contributed by atoms with Crippen molar-refractivity contribution >= 4 is 5.69 Å². The molecule has 1 atom stereocenters. The van der Waals surface area contributed by atoms with Crippen molar-refractivity contribution in [2.24, 2.45) is 0 Å². The van der Waals surface area contributed by atoms with Gasteiger partial charge in [-0.05, 0) is 42.0 Å². The Kier molecular flexibility index (Phi) is 3.79. The number of benzene rings is 2. The Hall–Kier alpha value is -2.07. The molecule has 0 amide bonds. The number of hydrogen-bond acceptors (Lipinski definition) is 3. The summed E-state index contributed by atoms with van der Waals surface area (Å²) in [7, 11) is 0. The van der Waals surface area contributed by atoms with Gasteiger partial charge < -0.3 is 15.5 Å². The zero-order valence-electron chi connectivity index (χ0n) is 9.68. The molecule has 0 aromatic heterocycles. The first kappa shape index (κ1) is 12.4. The van der Waals surface area contributed by atoms with Crippen LogP contribution < -0.4 is 5.32 Å². The number of phenolic OH excluding ortho intramolecular Hbond substituents is 1. The van der Waals surface area contributed by atoms with Crippen LogP contribution in [0.4, 0.5) is 10.1 Å². The molecule has 3 N–H and O–H groups in total. The molecule has 4 heteroatoms. The summed E-state index contributed by atoms with van der Waals surface area (Å²) in [4.78, 5) is 0. The maximum atomic E-state index is 12.8. The molecular weight excluding hydrogens is 233 g/mol. The monoisotopic (exact) mass is 247 g/mol. The molecule has 0 spiro atoms. The van der Waals surface area contributed by atoms with Crippen LogP contribution in [0.15, 0.2) is 48.5 Å². The summed E-state index contributed by atoms with van der Waals surface area (Å²) in [6.45, 7) is -0.124. The van der Waals surface area contributed by atoms with Crippen LogP contribution in [-0.4, -0.2) is 16.8 Å². The van der Waals surface area contributed by atoms with E-state index in [0.717, 1.165) is 5.56 Å². The molecule has 0 bridgehead atoms. The van der Waals surface area contributed by atoms with Crippen molar-refractivity contribution < 1.29 is 14.6 Å². The van der Waals surface area contributed by atoms with Crippen molar-refractivity contribution in [1.82, 2.24) is 0 Å². The Morgan fingerprint density at radius 3 is 2.44 bits per heavy atom. The van der Waals surface area contributed by atoms with Crippen LogP contribution in [0.1, 0.15) is 11.6 Å². The summed E-state index contributed by atoms with van der Waals surface area (Å²) in [6, 6.07) is 12.2. The molecule has 2 aromatic carbocycles. The van der Waals surface area contributed by atoms with E-state index in [1.54, 1.807) is 36.4 Å². The lowest BCUT2D eigenvalue weighted by Gasteiger charge is -2.18. The van der Waals surface area contributed by atoms with Crippen LogP contribution in [-0.2, 0) is 0 Å². The second-order valence-corrected chi connectivity index (χ2v) is 3.98. The van der Waals surface area contributed by atoms with Crippen LogP contribution in [0.5, 0.6) is 5.75 Å². The first-order valence-corrected chi connectivity index (χ1v) is 5.61. The highest BCUT2D eigenvalue weighted by molar-refractivity contribution is 5.46. The minimum absolute atomic E-state index is 0.124. The topological polar surface area (TPSA) is 52.5 Å². The average Bonchev–Trinajstić information content (AvgIpc) is 2.38. The van der Waals surface area contributed by atoms with Gasteiger partial charge >= 0.3 is 0 Å². The molecule has 0 aliphatic heterocycles. The molecule has 18 heavy (non-hydrogen) atoms. The van der Waals surface area contributed by atoms with E-state index < -0.39 is 0 Å². The summed E-state index contributed by atoms with van der Waals surface area (Å²) < 4.78 is 12.8. The van der Waals surface area contributed by atoms with E-state index >= 15 is 0 Å². The molecule has 0 saturated carbocycles. The highest BCUT2D eigenvalue weighted by Crippen LogP contribution is 2.22. The minimum atomic E-state index is -0.345. The zero-order valence-corrected chi connectivity index (χ0v) is 9.68. The maximum Gasteiger partial charge on any atom is 0.123 e. The van der Waals surface area contributed by atoms with Crippen molar-refractivity contribution in [1.29, 1.82) is 0 Å². The third-order valence-corrected chi connectivity index (χ3v) is 2.64. The average molecular weight is 247 g/mol. The number of anilines is 1. The number of aliphatic hydroxyl groups is 1. The first-order chi connectivity index (χ1) is 8.69. The van der Waals surface area contributed by atoms with E-state index in [1.165, 1.54) is 12.1 Å². The minimum Gasteiger partial charge on any atom is -0.508 e. The van der Waals surface area contributed by atoms with E-state index in [4.69, 9.17) is 0 Å². The second kappa shape index (κ2) is 5.51. The van der Waals surface area contributed by atoms with Gasteiger partial charge in [0.2, 0.25) is 0 Å². The lowest BCUT2D eigenvalue weighted by Crippen LogP contribution is -2.14. The first-order valence-electron chi connectivity index (χ1n) is 5.61. The normalized spacial score (nSPS) is 12.1. The molecule has 0 aliphatic carbocycles. The van der Waals surface area contributed by atoms with Gasteiger partial charge in [-0.1, -0.05) is 12.1 Å². The van der Waals surface area contributed by atoms with Gasteiger partial charge in [0.15, 0.2) is 0 Å². The fourth-order valence-corrected chi connectivity index (χ4v) is 1.72. The smallest absolute Gasteiger partial charge is 0.123 e. The van der Waals surface area contributed by atoms with Crippen LogP contribution in [0.3, 0.4) is 0 Å². The Bertz CT molecular complexity index is 513. The third-order valence-electron chi connectivity index (χ3n) is 2.64. The van der Waals surface area contributed by atoms with Crippen molar-refractivity contribution in [3.8, 4) is 5.75 Å². The molecule has 0 radical (unpaired) electrons. The Balaban J connectivity index is 2.17. The molecule has 2 rings (SSSR count). The van der Waals surface area contributed by atoms with Crippen LogP contribution in [0.2, 0.25) is 0 Å². The molecule has 0 saturated heterocycles. The van der Waals surface area contributed by atoms with E-state index in [9.17, 15) is 14.6 Å². The maximum absolute atomic E-state index is 12.8. The van der Waals surface area contributed by atoms with Crippen LogP contribution in [0.25, 0.3) is 0 Å². The largest absolute Gasteiger partial charge is 0.508 e. The highest BCUT2D eigenvalue weighted by atomic mass is 19.1. The summed E-state index contributed by atoms with van der Waals surface area (Å²) in [5.41, 5.74) is 1.47. The van der Waals surface area contributed by atoms with Crippen molar-refractivity contribution in [3.63, 3.8) is 0 Å². The number of aliphatic hydroxyl groups excluding tert-OH is 1. The Morgan fingerprint density at radius 2 is 1.83 bits per heavy atom. The van der Waals surface area contributed by atoms with Gasteiger partial charge in [0.1, 0.15) is 11.6 Å². The number of halogens is 1. The van der Waals surface area contributed by atoms with Crippen molar-refractivity contribution in [3.05, 3.63) is 59.9 Å². The number of phenols is 1. The predicted octanol–water partition coefficient (Wildman–Crippen LogP) is 2.68. The standard InChI is InChI=1S/C14H14FNO2/c15-11-4-6-12(7-5-11)16-14(9-17)10-2-1-3-13(18)8-10/h1-8,14,16-18H,9H2. The fourth-order valence-electron chi connectivity index (χ4n) is 1.72.